The van der Waals surface area contributed by atoms with Gasteiger partial charge in [0.2, 0.25) is 0 Å². The highest BCUT2D eigenvalue weighted by molar-refractivity contribution is 5.94. The number of carbonyl (C=O) groups is 1. The van der Waals surface area contributed by atoms with Crippen molar-refractivity contribution in [3.63, 3.8) is 0 Å². The molecule has 0 unspecified atom stereocenters. The first-order valence-corrected chi connectivity index (χ1v) is 10.1. The summed E-state index contributed by atoms with van der Waals surface area (Å²) in [6, 6.07) is 9.68. The molecule has 4 nitrogen and oxygen atoms in total. The van der Waals surface area contributed by atoms with Crippen molar-refractivity contribution in [3.8, 4) is 6.07 Å². The van der Waals surface area contributed by atoms with Crippen molar-refractivity contribution in [2.45, 2.75) is 64.5 Å². The lowest BCUT2D eigenvalue weighted by Crippen LogP contribution is -2.98. The van der Waals surface area contributed by atoms with E-state index >= 15 is 0 Å². The quantitative estimate of drug-likeness (QED) is 0.855. The average molecular weight is 353 g/mol. The number of anilines is 1. The number of nitrogens with zero attached hydrogens (tertiary/aromatic N) is 1. The second kappa shape index (κ2) is 6.70. The van der Waals surface area contributed by atoms with E-state index in [4.69, 9.17) is 0 Å². The Kier molecular flexibility index (Phi) is 4.52. The molecule has 0 spiro atoms. The van der Waals surface area contributed by atoms with Crippen molar-refractivity contribution in [2.24, 2.45) is 23.2 Å². The Hall–Kier alpha value is -1.86. The Morgan fingerprint density at radius 1 is 1.15 bits per heavy atom. The summed E-state index contributed by atoms with van der Waals surface area (Å²) in [5.41, 5.74) is 1.57. The SMILES string of the molecule is C[C@H]([NH2+][C@@H](C)C12CC3CC(CC(C3)C1)C2)C(=O)Nc1ccccc1C#N. The summed E-state index contributed by atoms with van der Waals surface area (Å²) in [7, 11) is 0. The lowest BCUT2D eigenvalue weighted by Gasteiger charge is -2.58. The average Bonchev–Trinajstić information content (AvgIpc) is 2.61. The number of quaternary nitrogens is 1. The summed E-state index contributed by atoms with van der Waals surface area (Å²) in [5.74, 6) is 2.79. The standard InChI is InChI=1S/C22H29N3O/c1-14(21(26)25-20-6-4-3-5-19(20)13-23)24-15(2)22-10-16-7-17(11-22)9-18(8-16)12-22/h3-6,14-18,24H,7-12H2,1-2H3,(H,25,26)/p+1/t14-,15-,16?,17?,18?,22?/m0/s1. The van der Waals surface area contributed by atoms with Crippen LogP contribution >= 0.6 is 0 Å². The van der Waals surface area contributed by atoms with Gasteiger partial charge in [0.25, 0.3) is 5.91 Å². The van der Waals surface area contributed by atoms with Gasteiger partial charge in [-0.2, -0.15) is 5.26 Å². The van der Waals surface area contributed by atoms with E-state index in [1.807, 2.05) is 19.1 Å². The lowest BCUT2D eigenvalue weighted by molar-refractivity contribution is -0.718. The molecule has 0 aliphatic heterocycles. The van der Waals surface area contributed by atoms with Crippen LogP contribution in [-0.4, -0.2) is 18.0 Å². The van der Waals surface area contributed by atoms with Crippen molar-refractivity contribution < 1.29 is 10.1 Å². The van der Waals surface area contributed by atoms with Crippen LogP contribution in [0.4, 0.5) is 5.69 Å². The summed E-state index contributed by atoms with van der Waals surface area (Å²) in [4.78, 5) is 12.7. The zero-order chi connectivity index (χ0) is 18.3. The number of nitriles is 1. The fourth-order valence-corrected chi connectivity index (χ4v) is 6.40. The molecule has 4 aliphatic carbocycles. The monoisotopic (exact) mass is 352 g/mol. The Morgan fingerprint density at radius 3 is 2.31 bits per heavy atom. The maximum absolute atomic E-state index is 12.7. The van der Waals surface area contributed by atoms with Gasteiger partial charge in [0.15, 0.2) is 6.04 Å². The summed E-state index contributed by atoms with van der Waals surface area (Å²) in [6.07, 6.45) is 8.44. The van der Waals surface area contributed by atoms with Gasteiger partial charge in [-0.15, -0.1) is 0 Å². The Bertz CT molecular complexity index is 700. The molecule has 4 saturated carbocycles. The topological polar surface area (TPSA) is 69.5 Å². The fourth-order valence-electron chi connectivity index (χ4n) is 6.40. The van der Waals surface area contributed by atoms with Crippen LogP contribution in [0, 0.1) is 34.5 Å². The van der Waals surface area contributed by atoms with Gasteiger partial charge in [-0.1, -0.05) is 12.1 Å². The highest BCUT2D eigenvalue weighted by Crippen LogP contribution is 2.60. The van der Waals surface area contributed by atoms with Crippen LogP contribution in [0.3, 0.4) is 0 Å². The molecule has 0 radical (unpaired) electrons. The lowest BCUT2D eigenvalue weighted by atomic mass is 9.48. The van der Waals surface area contributed by atoms with Crippen LogP contribution in [0.25, 0.3) is 0 Å². The van der Waals surface area contributed by atoms with Crippen LogP contribution in [-0.2, 0) is 4.79 Å². The molecule has 2 atom stereocenters. The third kappa shape index (κ3) is 3.14. The summed E-state index contributed by atoms with van der Waals surface area (Å²) < 4.78 is 0. The Labute approximate surface area is 156 Å². The fraction of sp³-hybridized carbons (Fsp3) is 0.636. The molecule has 4 aliphatic rings. The van der Waals surface area contributed by atoms with E-state index in [1.54, 1.807) is 12.1 Å². The van der Waals surface area contributed by atoms with E-state index in [9.17, 15) is 10.1 Å². The van der Waals surface area contributed by atoms with E-state index in [1.165, 1.54) is 38.5 Å². The number of hydrogen-bond acceptors (Lipinski definition) is 2. The van der Waals surface area contributed by atoms with E-state index in [-0.39, 0.29) is 11.9 Å². The molecule has 1 aromatic carbocycles. The summed E-state index contributed by atoms with van der Waals surface area (Å²) in [6.45, 7) is 4.32. The van der Waals surface area contributed by atoms with Gasteiger partial charge in [-0.05, 0) is 82.3 Å². The molecule has 5 rings (SSSR count). The number of carbonyl (C=O) groups excluding carboxylic acids is 1. The first-order valence-electron chi connectivity index (χ1n) is 10.1. The van der Waals surface area contributed by atoms with Crippen molar-refractivity contribution in [1.82, 2.24) is 0 Å². The van der Waals surface area contributed by atoms with Gasteiger partial charge < -0.3 is 10.6 Å². The molecule has 26 heavy (non-hydrogen) atoms. The van der Waals surface area contributed by atoms with Crippen molar-refractivity contribution in [1.29, 1.82) is 5.26 Å². The number of hydrogen-bond donors (Lipinski definition) is 2. The maximum atomic E-state index is 12.7. The van der Waals surface area contributed by atoms with Crippen molar-refractivity contribution >= 4 is 11.6 Å². The minimum atomic E-state index is -0.148. The predicted molar refractivity (Wildman–Crippen MR) is 101 cm³/mol. The van der Waals surface area contributed by atoms with Crippen LogP contribution in [0.1, 0.15) is 57.9 Å². The summed E-state index contributed by atoms with van der Waals surface area (Å²) >= 11 is 0. The molecule has 138 valence electrons. The number of nitrogens with two attached hydrogens (primary N) is 1. The summed E-state index contributed by atoms with van der Waals surface area (Å²) in [5, 5.41) is 14.4. The van der Waals surface area contributed by atoms with E-state index in [0.29, 0.717) is 22.7 Å². The van der Waals surface area contributed by atoms with Gasteiger partial charge in [-0.25, -0.2) is 0 Å². The molecule has 1 aromatic rings. The highest BCUT2D eigenvalue weighted by Gasteiger charge is 2.54. The first kappa shape index (κ1) is 17.5. The molecule has 0 saturated heterocycles. The van der Waals surface area contributed by atoms with Crippen molar-refractivity contribution in [2.75, 3.05) is 5.32 Å². The van der Waals surface area contributed by atoms with Crippen LogP contribution in [0.5, 0.6) is 0 Å². The Morgan fingerprint density at radius 2 is 1.73 bits per heavy atom. The molecule has 4 bridgehead atoms. The van der Waals surface area contributed by atoms with Crippen LogP contribution < -0.4 is 10.6 Å². The largest absolute Gasteiger partial charge is 0.334 e. The van der Waals surface area contributed by atoms with Gasteiger partial charge in [-0.3, -0.25) is 4.79 Å². The molecule has 0 aromatic heterocycles. The van der Waals surface area contributed by atoms with Crippen LogP contribution in [0.15, 0.2) is 24.3 Å². The van der Waals surface area contributed by atoms with Gasteiger partial charge in [0, 0.05) is 5.41 Å². The number of rotatable bonds is 5. The second-order valence-electron chi connectivity index (χ2n) is 9.20. The second-order valence-corrected chi connectivity index (χ2v) is 9.20. The third-order valence-electron chi connectivity index (χ3n) is 7.35. The molecular weight excluding hydrogens is 322 g/mol. The number of amides is 1. The van der Waals surface area contributed by atoms with Crippen molar-refractivity contribution in [3.05, 3.63) is 29.8 Å². The van der Waals surface area contributed by atoms with Gasteiger partial charge in [0.1, 0.15) is 6.07 Å². The molecule has 4 fully saturated rings. The maximum Gasteiger partial charge on any atom is 0.282 e. The van der Waals surface area contributed by atoms with Crippen LogP contribution in [0.2, 0.25) is 0 Å². The van der Waals surface area contributed by atoms with E-state index in [0.717, 1.165) is 17.8 Å². The molecule has 4 heteroatoms. The Balaban J connectivity index is 1.40. The number of benzene rings is 1. The van der Waals surface area contributed by atoms with E-state index in [2.05, 4.69) is 23.6 Å². The predicted octanol–water partition coefficient (Wildman–Crippen LogP) is 3.05. The minimum Gasteiger partial charge on any atom is -0.334 e. The smallest absolute Gasteiger partial charge is 0.282 e. The third-order valence-corrected chi connectivity index (χ3v) is 7.35. The molecule has 3 N–H and O–H groups in total. The molecule has 1 amide bonds. The number of para-hydroxylation sites is 1. The number of nitrogens with one attached hydrogen (secondary N) is 1. The zero-order valence-electron chi connectivity index (χ0n) is 15.9. The molecular formula is C22H30N3O+. The normalized spacial score (nSPS) is 34.1. The molecule has 0 heterocycles. The zero-order valence-corrected chi connectivity index (χ0v) is 15.9. The van der Waals surface area contributed by atoms with Gasteiger partial charge >= 0.3 is 0 Å². The van der Waals surface area contributed by atoms with E-state index < -0.39 is 0 Å². The first-order chi connectivity index (χ1) is 12.5. The van der Waals surface area contributed by atoms with Gasteiger partial charge in [0.05, 0.1) is 17.3 Å². The minimum absolute atomic E-state index is 0.00993. The highest BCUT2D eigenvalue weighted by atomic mass is 16.2.